The van der Waals surface area contributed by atoms with Crippen LogP contribution in [0.5, 0.6) is 5.75 Å². The zero-order valence-corrected chi connectivity index (χ0v) is 12.9. The fourth-order valence-electron chi connectivity index (χ4n) is 1.67. The van der Waals surface area contributed by atoms with Crippen LogP contribution in [0.15, 0.2) is 18.2 Å². The van der Waals surface area contributed by atoms with Gasteiger partial charge in [0, 0.05) is 19.0 Å². The Kier molecular flexibility index (Phi) is 9.25. The topological polar surface area (TPSA) is 21.3 Å². The van der Waals surface area contributed by atoms with Crippen LogP contribution < -0.4 is 10.1 Å². The third-order valence-electron chi connectivity index (χ3n) is 2.60. The molecule has 1 aromatic carbocycles. The van der Waals surface area contributed by atoms with E-state index in [0.717, 1.165) is 18.8 Å². The molecule has 0 bridgehead atoms. The number of halogens is 2. The van der Waals surface area contributed by atoms with E-state index in [0.29, 0.717) is 18.4 Å². The Labute approximate surface area is 121 Å². The average Bonchev–Trinajstić information content (AvgIpc) is 2.28. The Balaban J connectivity index is 0.00000289. The fourth-order valence-corrected chi connectivity index (χ4v) is 1.80. The SMILES string of the molecule is Cc1ccc(C(C)C)c(OCCNCCCl)c1.Cl. The molecular formula is C14H23Cl2NO. The van der Waals surface area contributed by atoms with Crippen LogP contribution in [0.4, 0.5) is 0 Å². The summed E-state index contributed by atoms with van der Waals surface area (Å²) in [5.74, 6) is 2.14. The lowest BCUT2D eigenvalue weighted by Gasteiger charge is -2.15. The van der Waals surface area contributed by atoms with E-state index in [-0.39, 0.29) is 12.4 Å². The molecule has 0 aliphatic rings. The van der Waals surface area contributed by atoms with Crippen LogP contribution in [0.25, 0.3) is 0 Å². The van der Waals surface area contributed by atoms with Crippen molar-refractivity contribution in [2.45, 2.75) is 26.7 Å². The van der Waals surface area contributed by atoms with Crippen molar-refractivity contribution in [1.29, 1.82) is 0 Å². The maximum Gasteiger partial charge on any atom is 0.123 e. The molecule has 0 heterocycles. The molecule has 0 aliphatic carbocycles. The highest BCUT2D eigenvalue weighted by Gasteiger charge is 2.07. The summed E-state index contributed by atoms with van der Waals surface area (Å²) in [4.78, 5) is 0. The molecule has 2 nitrogen and oxygen atoms in total. The van der Waals surface area contributed by atoms with Crippen molar-refractivity contribution in [3.05, 3.63) is 29.3 Å². The van der Waals surface area contributed by atoms with Gasteiger partial charge in [0.25, 0.3) is 0 Å². The Hall–Kier alpha value is -0.440. The Morgan fingerprint density at radius 1 is 1.28 bits per heavy atom. The summed E-state index contributed by atoms with van der Waals surface area (Å²) in [5, 5.41) is 3.21. The number of aryl methyl sites for hydroxylation is 1. The first kappa shape index (κ1) is 17.6. The summed E-state index contributed by atoms with van der Waals surface area (Å²) in [5.41, 5.74) is 2.51. The van der Waals surface area contributed by atoms with Gasteiger partial charge in [-0.15, -0.1) is 24.0 Å². The van der Waals surface area contributed by atoms with E-state index in [1.54, 1.807) is 0 Å². The van der Waals surface area contributed by atoms with Gasteiger partial charge in [-0.3, -0.25) is 0 Å². The summed E-state index contributed by atoms with van der Waals surface area (Å²) in [6.07, 6.45) is 0. The number of hydrogen-bond acceptors (Lipinski definition) is 2. The maximum absolute atomic E-state index is 5.82. The summed E-state index contributed by atoms with van der Waals surface area (Å²) in [6.45, 7) is 8.79. The minimum absolute atomic E-state index is 0. The predicted octanol–water partition coefficient (Wildman–Crippen LogP) is 3.75. The van der Waals surface area contributed by atoms with E-state index in [1.165, 1.54) is 11.1 Å². The Bertz CT molecular complexity index is 343. The highest BCUT2D eigenvalue weighted by Crippen LogP contribution is 2.27. The van der Waals surface area contributed by atoms with Crippen molar-refractivity contribution in [3.8, 4) is 5.75 Å². The van der Waals surface area contributed by atoms with Crippen LogP contribution >= 0.6 is 24.0 Å². The minimum atomic E-state index is 0. The van der Waals surface area contributed by atoms with Crippen molar-refractivity contribution < 1.29 is 4.74 Å². The lowest BCUT2D eigenvalue weighted by molar-refractivity contribution is 0.311. The quantitative estimate of drug-likeness (QED) is 0.610. The molecule has 0 fully saturated rings. The van der Waals surface area contributed by atoms with Gasteiger partial charge < -0.3 is 10.1 Å². The summed E-state index contributed by atoms with van der Waals surface area (Å²) >= 11 is 5.58. The van der Waals surface area contributed by atoms with Gasteiger partial charge in [-0.05, 0) is 30.0 Å². The second-order valence-electron chi connectivity index (χ2n) is 4.48. The molecule has 0 amide bonds. The van der Waals surface area contributed by atoms with Crippen molar-refractivity contribution in [2.24, 2.45) is 0 Å². The molecule has 0 unspecified atom stereocenters. The zero-order valence-electron chi connectivity index (χ0n) is 11.3. The molecular weight excluding hydrogens is 269 g/mol. The number of nitrogens with one attached hydrogen (secondary N) is 1. The molecule has 1 rings (SSSR count). The third-order valence-corrected chi connectivity index (χ3v) is 2.79. The molecule has 0 aromatic heterocycles. The van der Waals surface area contributed by atoms with Crippen molar-refractivity contribution in [2.75, 3.05) is 25.6 Å². The Morgan fingerprint density at radius 3 is 2.61 bits per heavy atom. The number of ether oxygens (including phenoxy) is 1. The third kappa shape index (κ3) is 5.94. The molecule has 18 heavy (non-hydrogen) atoms. The second-order valence-corrected chi connectivity index (χ2v) is 4.86. The first-order valence-electron chi connectivity index (χ1n) is 6.15. The van der Waals surface area contributed by atoms with Gasteiger partial charge in [0.1, 0.15) is 12.4 Å². The first-order valence-corrected chi connectivity index (χ1v) is 6.68. The zero-order chi connectivity index (χ0) is 12.7. The first-order chi connectivity index (χ1) is 8.15. The van der Waals surface area contributed by atoms with E-state index < -0.39 is 0 Å². The van der Waals surface area contributed by atoms with Crippen molar-refractivity contribution in [3.63, 3.8) is 0 Å². The normalized spacial score (nSPS) is 10.3. The Morgan fingerprint density at radius 2 is 2.00 bits per heavy atom. The molecule has 104 valence electrons. The van der Waals surface area contributed by atoms with Gasteiger partial charge in [0.15, 0.2) is 0 Å². The van der Waals surface area contributed by atoms with Gasteiger partial charge in [-0.1, -0.05) is 26.0 Å². The maximum atomic E-state index is 5.82. The molecule has 0 aliphatic heterocycles. The standard InChI is InChI=1S/C14H22ClNO.ClH/c1-11(2)13-5-4-12(3)10-14(13)17-9-8-16-7-6-15;/h4-5,10-11,16H,6-9H2,1-3H3;1H. The largest absolute Gasteiger partial charge is 0.492 e. The average molecular weight is 292 g/mol. The van der Waals surface area contributed by atoms with Crippen molar-refractivity contribution >= 4 is 24.0 Å². The lowest BCUT2D eigenvalue weighted by Crippen LogP contribution is -2.23. The van der Waals surface area contributed by atoms with Crippen LogP contribution in [-0.2, 0) is 0 Å². The van der Waals surface area contributed by atoms with E-state index in [4.69, 9.17) is 16.3 Å². The molecule has 4 heteroatoms. The van der Waals surface area contributed by atoms with Gasteiger partial charge in [-0.2, -0.15) is 0 Å². The second kappa shape index (κ2) is 9.48. The summed E-state index contributed by atoms with van der Waals surface area (Å²) in [7, 11) is 0. The highest BCUT2D eigenvalue weighted by molar-refractivity contribution is 6.18. The van der Waals surface area contributed by atoms with Crippen LogP contribution in [-0.4, -0.2) is 25.6 Å². The molecule has 0 saturated carbocycles. The fraction of sp³-hybridized carbons (Fsp3) is 0.571. The smallest absolute Gasteiger partial charge is 0.123 e. The molecule has 0 saturated heterocycles. The van der Waals surface area contributed by atoms with E-state index in [2.05, 4.69) is 44.3 Å². The van der Waals surface area contributed by atoms with Crippen molar-refractivity contribution in [1.82, 2.24) is 5.32 Å². The number of benzene rings is 1. The van der Waals surface area contributed by atoms with E-state index in [9.17, 15) is 0 Å². The van der Waals surface area contributed by atoms with Gasteiger partial charge in [0.2, 0.25) is 0 Å². The van der Waals surface area contributed by atoms with Crippen LogP contribution in [0.1, 0.15) is 30.9 Å². The number of hydrogen-bond donors (Lipinski definition) is 1. The molecule has 0 atom stereocenters. The predicted molar refractivity (Wildman–Crippen MR) is 81.6 cm³/mol. The van der Waals surface area contributed by atoms with Gasteiger partial charge >= 0.3 is 0 Å². The van der Waals surface area contributed by atoms with Crippen LogP contribution in [0, 0.1) is 6.92 Å². The van der Waals surface area contributed by atoms with Crippen LogP contribution in [0.3, 0.4) is 0 Å². The van der Waals surface area contributed by atoms with E-state index in [1.807, 2.05) is 0 Å². The number of alkyl halides is 1. The molecule has 0 radical (unpaired) electrons. The number of rotatable bonds is 7. The lowest BCUT2D eigenvalue weighted by atomic mass is 10.0. The van der Waals surface area contributed by atoms with Gasteiger partial charge in [-0.25, -0.2) is 0 Å². The highest BCUT2D eigenvalue weighted by atomic mass is 35.5. The van der Waals surface area contributed by atoms with Gasteiger partial charge in [0.05, 0.1) is 0 Å². The summed E-state index contributed by atoms with van der Waals surface area (Å²) < 4.78 is 5.82. The molecule has 1 aromatic rings. The van der Waals surface area contributed by atoms with E-state index >= 15 is 0 Å². The molecule has 0 spiro atoms. The monoisotopic (exact) mass is 291 g/mol. The minimum Gasteiger partial charge on any atom is -0.492 e. The van der Waals surface area contributed by atoms with Crippen LogP contribution in [0.2, 0.25) is 0 Å². The molecule has 1 N–H and O–H groups in total. The summed E-state index contributed by atoms with van der Waals surface area (Å²) in [6, 6.07) is 6.40.